The molecule has 0 bridgehead atoms. The largest absolute Gasteiger partial charge is 0.494 e. The highest BCUT2D eigenvalue weighted by Gasteiger charge is 1.99. The van der Waals surface area contributed by atoms with Crippen molar-refractivity contribution in [2.24, 2.45) is 7.05 Å². The number of ether oxygens (including phenoxy) is 1. The lowest BCUT2D eigenvalue weighted by Gasteiger charge is -2.03. The summed E-state index contributed by atoms with van der Waals surface area (Å²) in [6, 6.07) is 14.3. The summed E-state index contributed by atoms with van der Waals surface area (Å²) in [4.78, 5) is 0. The smallest absolute Gasteiger partial charge is 0.204 e. The van der Waals surface area contributed by atoms with Crippen LogP contribution in [0, 0.1) is 0 Å². The second-order valence-corrected chi connectivity index (χ2v) is 4.49. The number of hydrogen-bond donors (Lipinski definition) is 0. The molecule has 0 N–H and O–H groups in total. The average Bonchev–Trinajstić information content (AvgIpc) is 2.55. The first-order valence-electron chi connectivity index (χ1n) is 7.65. The molecule has 21 heavy (non-hydrogen) atoms. The van der Waals surface area contributed by atoms with Crippen LogP contribution in [0.15, 0.2) is 48.7 Å². The summed E-state index contributed by atoms with van der Waals surface area (Å²) < 4.78 is 7.66. The number of rotatable bonds is 5. The number of aryl methyl sites for hydroxylation is 1. The van der Waals surface area contributed by atoms with Crippen LogP contribution in [0.2, 0.25) is 0 Å². The molecular weight excluding hydrogens is 258 g/mol. The first-order valence-corrected chi connectivity index (χ1v) is 7.65. The highest BCUT2D eigenvalue weighted by Crippen LogP contribution is 2.14. The van der Waals surface area contributed by atoms with Crippen LogP contribution >= 0.6 is 0 Å². The molecule has 2 rings (SSSR count). The maximum Gasteiger partial charge on any atom is 0.204 e. The van der Waals surface area contributed by atoms with Crippen LogP contribution in [0.25, 0.3) is 12.2 Å². The van der Waals surface area contributed by atoms with Crippen molar-refractivity contribution in [1.82, 2.24) is 0 Å². The maximum absolute atomic E-state index is 5.56. The molecule has 0 spiro atoms. The number of pyridine rings is 1. The van der Waals surface area contributed by atoms with Crippen LogP contribution in [0.3, 0.4) is 0 Å². The summed E-state index contributed by atoms with van der Waals surface area (Å²) in [6.45, 7) is 6.88. The zero-order valence-electron chi connectivity index (χ0n) is 13.5. The Kier molecular flexibility index (Phi) is 7.88. The molecule has 0 radical (unpaired) electrons. The average molecular weight is 284 g/mol. The zero-order chi connectivity index (χ0) is 15.5. The van der Waals surface area contributed by atoms with Crippen molar-refractivity contribution in [2.75, 3.05) is 6.61 Å². The molecule has 0 unspecified atom stereocenters. The van der Waals surface area contributed by atoms with Crippen LogP contribution in [0.5, 0.6) is 5.75 Å². The van der Waals surface area contributed by atoms with Gasteiger partial charge in [-0.1, -0.05) is 32.9 Å². The SMILES string of the molecule is CC.CCCOc1ccc(/C=C/c2cccc[n+]2C)cc1. The summed E-state index contributed by atoms with van der Waals surface area (Å²) in [5.74, 6) is 0.935. The Bertz CT molecular complexity index is 544. The minimum atomic E-state index is 0.773. The summed E-state index contributed by atoms with van der Waals surface area (Å²) in [5, 5.41) is 0. The van der Waals surface area contributed by atoms with Crippen molar-refractivity contribution in [2.45, 2.75) is 27.2 Å². The third-order valence-electron chi connectivity index (χ3n) is 2.89. The minimum Gasteiger partial charge on any atom is -0.494 e. The lowest BCUT2D eigenvalue weighted by Crippen LogP contribution is -2.30. The van der Waals surface area contributed by atoms with E-state index in [1.54, 1.807) is 0 Å². The normalized spacial score (nSPS) is 10.1. The van der Waals surface area contributed by atoms with Gasteiger partial charge >= 0.3 is 0 Å². The summed E-state index contributed by atoms with van der Waals surface area (Å²) in [5.41, 5.74) is 2.35. The molecule has 0 amide bonds. The van der Waals surface area contributed by atoms with Gasteiger partial charge in [-0.25, -0.2) is 4.57 Å². The Hall–Kier alpha value is -2.09. The third kappa shape index (κ3) is 5.82. The van der Waals surface area contributed by atoms with Gasteiger partial charge in [0.05, 0.1) is 6.61 Å². The molecule has 2 heteroatoms. The second kappa shape index (κ2) is 9.76. The van der Waals surface area contributed by atoms with Gasteiger partial charge < -0.3 is 4.74 Å². The fourth-order valence-corrected chi connectivity index (χ4v) is 1.79. The van der Waals surface area contributed by atoms with Crippen molar-refractivity contribution in [3.8, 4) is 5.75 Å². The van der Waals surface area contributed by atoms with E-state index < -0.39 is 0 Å². The quantitative estimate of drug-likeness (QED) is 0.737. The van der Waals surface area contributed by atoms with Gasteiger partial charge in [-0.2, -0.15) is 0 Å². The number of benzene rings is 1. The Balaban J connectivity index is 0.00000106. The first-order chi connectivity index (χ1) is 10.3. The number of nitrogens with zero attached hydrogens (tertiary/aromatic N) is 1. The maximum atomic E-state index is 5.56. The van der Waals surface area contributed by atoms with E-state index in [-0.39, 0.29) is 0 Å². The van der Waals surface area contributed by atoms with E-state index in [0.29, 0.717) is 0 Å². The van der Waals surface area contributed by atoms with Crippen LogP contribution in [-0.2, 0) is 7.05 Å². The van der Waals surface area contributed by atoms with E-state index in [2.05, 4.69) is 41.8 Å². The molecule has 1 aromatic carbocycles. The molecule has 1 aromatic heterocycles. The summed E-state index contributed by atoms with van der Waals surface area (Å²) >= 11 is 0. The third-order valence-corrected chi connectivity index (χ3v) is 2.89. The van der Waals surface area contributed by atoms with Gasteiger partial charge in [0.15, 0.2) is 6.20 Å². The summed E-state index contributed by atoms with van der Waals surface area (Å²) in [7, 11) is 2.04. The van der Waals surface area contributed by atoms with Gasteiger partial charge in [-0.15, -0.1) is 0 Å². The van der Waals surface area contributed by atoms with Crippen molar-refractivity contribution in [3.05, 3.63) is 59.9 Å². The van der Waals surface area contributed by atoms with Crippen molar-refractivity contribution >= 4 is 12.2 Å². The Morgan fingerprint density at radius 3 is 2.33 bits per heavy atom. The van der Waals surface area contributed by atoms with Gasteiger partial charge in [-0.05, 0) is 36.3 Å². The zero-order valence-corrected chi connectivity index (χ0v) is 13.5. The van der Waals surface area contributed by atoms with E-state index in [0.717, 1.165) is 18.8 Å². The molecule has 0 aliphatic heterocycles. The lowest BCUT2D eigenvalue weighted by atomic mass is 10.2. The van der Waals surface area contributed by atoms with E-state index in [4.69, 9.17) is 4.74 Å². The van der Waals surface area contributed by atoms with Gasteiger partial charge in [0, 0.05) is 18.2 Å². The topological polar surface area (TPSA) is 13.1 Å². The number of hydrogen-bond acceptors (Lipinski definition) is 1. The predicted molar refractivity (Wildman–Crippen MR) is 90.1 cm³/mol. The lowest BCUT2D eigenvalue weighted by molar-refractivity contribution is -0.673. The Morgan fingerprint density at radius 2 is 1.71 bits per heavy atom. The predicted octanol–water partition coefficient (Wildman–Crippen LogP) is 4.50. The molecular formula is C19H26NO+. The molecule has 112 valence electrons. The monoisotopic (exact) mass is 284 g/mol. The molecule has 0 fully saturated rings. The van der Waals surface area contributed by atoms with E-state index in [9.17, 15) is 0 Å². The van der Waals surface area contributed by atoms with Gasteiger partial charge in [0.25, 0.3) is 0 Å². The highest BCUT2D eigenvalue weighted by atomic mass is 16.5. The van der Waals surface area contributed by atoms with Gasteiger partial charge in [-0.3, -0.25) is 0 Å². The van der Waals surface area contributed by atoms with Gasteiger partial charge in [0.2, 0.25) is 5.69 Å². The van der Waals surface area contributed by atoms with Crippen LogP contribution < -0.4 is 9.30 Å². The first kappa shape index (κ1) is 17.0. The summed E-state index contributed by atoms with van der Waals surface area (Å²) in [6.07, 6.45) is 7.30. The fourth-order valence-electron chi connectivity index (χ4n) is 1.79. The van der Waals surface area contributed by atoms with E-state index in [1.165, 1.54) is 11.3 Å². The molecule has 0 saturated carbocycles. The van der Waals surface area contributed by atoms with Crippen molar-refractivity contribution < 1.29 is 9.30 Å². The number of aromatic nitrogens is 1. The van der Waals surface area contributed by atoms with E-state index >= 15 is 0 Å². The molecule has 0 aliphatic carbocycles. The molecule has 0 aliphatic rings. The second-order valence-electron chi connectivity index (χ2n) is 4.49. The van der Waals surface area contributed by atoms with Crippen LogP contribution in [0.4, 0.5) is 0 Å². The van der Waals surface area contributed by atoms with Crippen LogP contribution in [-0.4, -0.2) is 6.61 Å². The molecule has 1 heterocycles. The van der Waals surface area contributed by atoms with Gasteiger partial charge in [0.1, 0.15) is 12.8 Å². The standard InChI is InChI=1S/C17H20NO.C2H6/c1-3-14-19-17-11-8-15(9-12-17)7-10-16-6-4-5-13-18(16)2;1-2/h4-13H,3,14H2,1-2H3;1-2H3/q+1;/b10-7+;. The Labute approximate surface area is 128 Å². The van der Waals surface area contributed by atoms with Crippen LogP contribution in [0.1, 0.15) is 38.4 Å². The molecule has 2 aromatic rings. The fraction of sp³-hybridized carbons (Fsp3) is 0.316. The highest BCUT2D eigenvalue weighted by molar-refractivity contribution is 5.67. The Morgan fingerprint density at radius 1 is 1.00 bits per heavy atom. The minimum absolute atomic E-state index is 0.773. The molecule has 0 atom stereocenters. The van der Waals surface area contributed by atoms with E-state index in [1.807, 2.05) is 51.4 Å². The van der Waals surface area contributed by atoms with Crippen molar-refractivity contribution in [3.63, 3.8) is 0 Å². The van der Waals surface area contributed by atoms with Crippen molar-refractivity contribution in [1.29, 1.82) is 0 Å². The molecule has 0 saturated heterocycles. The molecule has 2 nitrogen and oxygen atoms in total.